The van der Waals surface area contributed by atoms with Gasteiger partial charge in [0.1, 0.15) is 0 Å². The first-order chi connectivity index (χ1) is 7.20. The van der Waals surface area contributed by atoms with E-state index in [4.69, 9.17) is 5.73 Å². The molecule has 0 aromatic rings. The molecular weight excluding hydrogens is 226 g/mol. The average Bonchev–Trinajstić information content (AvgIpc) is 1.98. The van der Waals surface area contributed by atoms with Crippen LogP contribution in [-0.4, -0.2) is 35.0 Å². The van der Waals surface area contributed by atoms with Crippen molar-refractivity contribution in [2.75, 3.05) is 11.5 Å². The van der Waals surface area contributed by atoms with E-state index >= 15 is 0 Å². The Morgan fingerprint density at radius 3 is 2.38 bits per heavy atom. The molecule has 0 radical (unpaired) electrons. The SMILES string of the molecule is CC(N)CSCC(=O)NC(=O)NC(C)(C)C. The molecule has 4 N–H and O–H groups in total. The number of amides is 3. The van der Waals surface area contributed by atoms with Gasteiger partial charge >= 0.3 is 6.03 Å². The van der Waals surface area contributed by atoms with E-state index in [1.54, 1.807) is 0 Å². The standard InChI is InChI=1S/C10H21N3O2S/c1-7(11)5-16-6-8(14)12-9(15)13-10(2,3)4/h7H,5-6,11H2,1-4H3,(H2,12,13,14,15). The minimum atomic E-state index is -0.459. The van der Waals surface area contributed by atoms with Crippen LogP contribution in [0, 0.1) is 0 Å². The summed E-state index contributed by atoms with van der Waals surface area (Å²) in [5, 5.41) is 4.90. The summed E-state index contributed by atoms with van der Waals surface area (Å²) < 4.78 is 0. The summed E-state index contributed by atoms with van der Waals surface area (Å²) in [6.45, 7) is 7.42. The molecule has 1 atom stereocenters. The summed E-state index contributed by atoms with van der Waals surface area (Å²) in [5.74, 6) is 0.653. The highest BCUT2D eigenvalue weighted by atomic mass is 32.2. The van der Waals surface area contributed by atoms with Crippen molar-refractivity contribution in [3.63, 3.8) is 0 Å². The maximum absolute atomic E-state index is 11.3. The summed E-state index contributed by atoms with van der Waals surface area (Å²) in [4.78, 5) is 22.6. The highest BCUT2D eigenvalue weighted by Crippen LogP contribution is 2.01. The van der Waals surface area contributed by atoms with Gasteiger partial charge in [-0.15, -0.1) is 0 Å². The molecule has 0 saturated heterocycles. The van der Waals surface area contributed by atoms with E-state index in [1.807, 2.05) is 27.7 Å². The lowest BCUT2D eigenvalue weighted by molar-refractivity contribution is -0.117. The van der Waals surface area contributed by atoms with Gasteiger partial charge < -0.3 is 11.1 Å². The van der Waals surface area contributed by atoms with Gasteiger partial charge in [-0.2, -0.15) is 11.8 Å². The van der Waals surface area contributed by atoms with E-state index in [0.717, 1.165) is 0 Å². The third-order valence-corrected chi connectivity index (χ3v) is 2.58. The maximum atomic E-state index is 11.3. The number of nitrogens with two attached hydrogens (primary N) is 1. The fourth-order valence-electron chi connectivity index (χ4n) is 0.872. The molecule has 94 valence electrons. The third kappa shape index (κ3) is 9.79. The first-order valence-corrected chi connectivity index (χ1v) is 6.31. The second-order valence-electron chi connectivity index (χ2n) is 4.74. The van der Waals surface area contributed by atoms with E-state index in [1.165, 1.54) is 11.8 Å². The molecule has 0 aliphatic carbocycles. The van der Waals surface area contributed by atoms with Gasteiger partial charge in [-0.25, -0.2) is 4.79 Å². The van der Waals surface area contributed by atoms with E-state index < -0.39 is 6.03 Å². The van der Waals surface area contributed by atoms with Crippen molar-refractivity contribution in [2.45, 2.75) is 39.3 Å². The number of carbonyl (C=O) groups excluding carboxylic acids is 2. The average molecular weight is 247 g/mol. The Kier molecular flexibility index (Phi) is 6.43. The van der Waals surface area contributed by atoms with Gasteiger partial charge in [0.25, 0.3) is 0 Å². The summed E-state index contributed by atoms with van der Waals surface area (Å²) in [7, 11) is 0. The molecule has 0 bridgehead atoms. The van der Waals surface area contributed by atoms with Crippen LogP contribution in [0.3, 0.4) is 0 Å². The molecule has 0 aliphatic rings. The molecule has 0 spiro atoms. The van der Waals surface area contributed by atoms with E-state index in [0.29, 0.717) is 5.75 Å². The largest absolute Gasteiger partial charge is 0.333 e. The predicted octanol–water partition coefficient (Wildman–Crippen LogP) is 0.691. The molecule has 16 heavy (non-hydrogen) atoms. The number of hydrogen-bond donors (Lipinski definition) is 3. The molecule has 0 saturated carbocycles. The van der Waals surface area contributed by atoms with Crippen LogP contribution in [0.1, 0.15) is 27.7 Å². The van der Waals surface area contributed by atoms with Gasteiger partial charge in [-0.3, -0.25) is 10.1 Å². The number of hydrogen-bond acceptors (Lipinski definition) is 4. The normalized spacial score (nSPS) is 13.1. The lowest BCUT2D eigenvalue weighted by atomic mass is 10.1. The Bertz CT molecular complexity index is 249. The Hall–Kier alpha value is -0.750. The van der Waals surface area contributed by atoms with Crippen LogP contribution in [0.15, 0.2) is 0 Å². The van der Waals surface area contributed by atoms with E-state index in [-0.39, 0.29) is 23.2 Å². The van der Waals surface area contributed by atoms with E-state index in [2.05, 4.69) is 10.6 Å². The van der Waals surface area contributed by atoms with Crippen molar-refractivity contribution >= 4 is 23.7 Å². The Balaban J connectivity index is 3.75. The van der Waals surface area contributed by atoms with Gasteiger partial charge in [-0.05, 0) is 27.7 Å². The zero-order valence-corrected chi connectivity index (χ0v) is 11.1. The van der Waals surface area contributed by atoms with Crippen LogP contribution in [0.25, 0.3) is 0 Å². The fraction of sp³-hybridized carbons (Fsp3) is 0.800. The lowest BCUT2D eigenvalue weighted by Gasteiger charge is -2.20. The highest BCUT2D eigenvalue weighted by Gasteiger charge is 2.15. The van der Waals surface area contributed by atoms with Crippen LogP contribution in [0.4, 0.5) is 4.79 Å². The number of thioether (sulfide) groups is 1. The number of carbonyl (C=O) groups is 2. The summed E-state index contributed by atoms with van der Waals surface area (Å²) >= 11 is 1.41. The molecule has 0 aromatic carbocycles. The van der Waals surface area contributed by atoms with E-state index in [9.17, 15) is 9.59 Å². The molecule has 0 fully saturated rings. The highest BCUT2D eigenvalue weighted by molar-refractivity contribution is 8.00. The van der Waals surface area contributed by atoms with Crippen LogP contribution >= 0.6 is 11.8 Å². The molecular formula is C10H21N3O2S. The van der Waals surface area contributed by atoms with Gasteiger partial charge in [0.2, 0.25) is 5.91 Å². The second kappa shape index (κ2) is 6.75. The van der Waals surface area contributed by atoms with Crippen molar-refractivity contribution < 1.29 is 9.59 Å². The predicted molar refractivity (Wildman–Crippen MR) is 67.4 cm³/mol. The molecule has 3 amide bonds. The van der Waals surface area contributed by atoms with Crippen LogP contribution < -0.4 is 16.4 Å². The van der Waals surface area contributed by atoms with Crippen molar-refractivity contribution in [1.29, 1.82) is 0 Å². The molecule has 1 unspecified atom stereocenters. The summed E-state index contributed by atoms with van der Waals surface area (Å²) in [6, 6.07) is -0.403. The quantitative estimate of drug-likeness (QED) is 0.682. The van der Waals surface area contributed by atoms with Crippen molar-refractivity contribution in [1.82, 2.24) is 10.6 Å². The maximum Gasteiger partial charge on any atom is 0.321 e. The zero-order valence-electron chi connectivity index (χ0n) is 10.3. The first kappa shape index (κ1) is 15.2. The monoisotopic (exact) mass is 247 g/mol. The van der Waals surface area contributed by atoms with Crippen LogP contribution in [0.2, 0.25) is 0 Å². The molecule has 0 heterocycles. The molecule has 5 nitrogen and oxygen atoms in total. The second-order valence-corrected chi connectivity index (χ2v) is 5.77. The number of nitrogens with one attached hydrogen (secondary N) is 2. The number of urea groups is 1. The zero-order chi connectivity index (χ0) is 12.8. The van der Waals surface area contributed by atoms with Crippen LogP contribution in [-0.2, 0) is 4.79 Å². The minimum Gasteiger partial charge on any atom is -0.333 e. The first-order valence-electron chi connectivity index (χ1n) is 5.16. The topological polar surface area (TPSA) is 84.2 Å². The van der Waals surface area contributed by atoms with Crippen molar-refractivity contribution in [3.8, 4) is 0 Å². The Labute approximate surface area is 101 Å². The Morgan fingerprint density at radius 1 is 1.38 bits per heavy atom. The number of imide groups is 1. The number of rotatable bonds is 4. The van der Waals surface area contributed by atoms with Crippen LogP contribution in [0.5, 0.6) is 0 Å². The van der Waals surface area contributed by atoms with Gasteiger partial charge in [0, 0.05) is 17.3 Å². The molecule has 6 heteroatoms. The Morgan fingerprint density at radius 2 is 1.94 bits per heavy atom. The molecule has 0 aliphatic heterocycles. The molecule has 0 rings (SSSR count). The van der Waals surface area contributed by atoms with Crippen molar-refractivity contribution in [3.05, 3.63) is 0 Å². The summed E-state index contributed by atoms with van der Waals surface area (Å²) in [6.07, 6.45) is 0. The summed E-state index contributed by atoms with van der Waals surface area (Å²) in [5.41, 5.74) is 5.19. The molecule has 0 aromatic heterocycles. The fourth-order valence-corrected chi connectivity index (χ4v) is 1.62. The third-order valence-electron chi connectivity index (χ3n) is 1.36. The van der Waals surface area contributed by atoms with Gasteiger partial charge in [-0.1, -0.05) is 0 Å². The van der Waals surface area contributed by atoms with Gasteiger partial charge in [0.05, 0.1) is 5.75 Å². The lowest BCUT2D eigenvalue weighted by Crippen LogP contribution is -2.48. The minimum absolute atomic E-state index is 0.0567. The smallest absolute Gasteiger partial charge is 0.321 e. The van der Waals surface area contributed by atoms with Crippen molar-refractivity contribution in [2.24, 2.45) is 5.73 Å². The van der Waals surface area contributed by atoms with Gasteiger partial charge in [0.15, 0.2) is 0 Å².